The molecule has 88 valence electrons. The van der Waals surface area contributed by atoms with Gasteiger partial charge in [0.05, 0.1) is 12.0 Å². The number of carbonyl (C=O) groups is 1. The van der Waals surface area contributed by atoms with Crippen molar-refractivity contribution in [1.82, 2.24) is 0 Å². The summed E-state index contributed by atoms with van der Waals surface area (Å²) in [5.41, 5.74) is 0.448. The van der Waals surface area contributed by atoms with Crippen LogP contribution in [-0.4, -0.2) is 24.3 Å². The number of carbonyl (C=O) groups excluding carboxylic acids is 1. The van der Waals surface area contributed by atoms with E-state index in [9.17, 15) is 4.79 Å². The average Bonchev–Trinajstić information content (AvgIpc) is 2.23. The van der Waals surface area contributed by atoms with Crippen molar-refractivity contribution in [2.24, 2.45) is 28.6 Å². The molecule has 5 unspecified atom stereocenters. The van der Waals surface area contributed by atoms with E-state index < -0.39 is 0 Å². The van der Waals surface area contributed by atoms with Gasteiger partial charge >= 0.3 is 5.97 Å². The Bertz CT molecular complexity index is 360. The van der Waals surface area contributed by atoms with Crippen LogP contribution < -0.4 is 0 Å². The molecule has 0 aromatic heterocycles. The quantitative estimate of drug-likeness (QED) is 0.733. The molecule has 1 N–H and O–H groups in total. The van der Waals surface area contributed by atoms with Crippen molar-refractivity contribution in [1.29, 1.82) is 0 Å². The molecule has 1 spiro atoms. The van der Waals surface area contributed by atoms with Crippen LogP contribution in [0.1, 0.15) is 32.1 Å². The van der Waals surface area contributed by atoms with E-state index in [-0.39, 0.29) is 24.6 Å². The topological polar surface area (TPSA) is 46.5 Å². The Balaban J connectivity index is 1.59. The van der Waals surface area contributed by atoms with Crippen LogP contribution in [0.2, 0.25) is 0 Å². The maximum atomic E-state index is 12.1. The van der Waals surface area contributed by atoms with E-state index in [1.165, 1.54) is 19.3 Å². The molecule has 0 amide bonds. The fourth-order valence-electron chi connectivity index (χ4n) is 5.96. The largest absolute Gasteiger partial charge is 0.463 e. The standard InChI is InChI=1S/C13H18O3/c14-1-2-16-11(15)13-5-8-3-9-6-12(4-8,7-13)10(9)13/h8-10,14H,1-7H2. The van der Waals surface area contributed by atoms with Crippen molar-refractivity contribution < 1.29 is 14.6 Å². The lowest BCUT2D eigenvalue weighted by atomic mass is 9.23. The van der Waals surface area contributed by atoms with Gasteiger partial charge in [-0.05, 0) is 55.3 Å². The molecule has 5 bridgehead atoms. The van der Waals surface area contributed by atoms with Crippen LogP contribution in [0.15, 0.2) is 0 Å². The Morgan fingerprint density at radius 2 is 2.25 bits per heavy atom. The van der Waals surface area contributed by atoms with Crippen LogP contribution in [-0.2, 0) is 9.53 Å². The van der Waals surface area contributed by atoms with Gasteiger partial charge in [0.2, 0.25) is 0 Å². The first-order chi connectivity index (χ1) is 7.70. The van der Waals surface area contributed by atoms with Gasteiger partial charge in [0.25, 0.3) is 0 Å². The second kappa shape index (κ2) is 2.63. The lowest BCUT2D eigenvalue weighted by molar-refractivity contribution is -0.325. The summed E-state index contributed by atoms with van der Waals surface area (Å²) in [7, 11) is 0. The molecule has 6 rings (SSSR count). The lowest BCUT2D eigenvalue weighted by Gasteiger charge is -2.80. The third-order valence-electron chi connectivity index (χ3n) is 5.78. The first kappa shape index (κ1) is 9.46. The zero-order valence-corrected chi connectivity index (χ0v) is 9.45. The first-order valence-corrected chi connectivity index (χ1v) is 6.48. The highest BCUT2D eigenvalue weighted by Gasteiger charge is 2.80. The van der Waals surface area contributed by atoms with Crippen molar-refractivity contribution in [3.63, 3.8) is 0 Å². The molecule has 3 heteroatoms. The Morgan fingerprint density at radius 1 is 1.38 bits per heavy atom. The Labute approximate surface area is 95.2 Å². The van der Waals surface area contributed by atoms with Gasteiger partial charge in [-0.2, -0.15) is 0 Å². The van der Waals surface area contributed by atoms with Crippen molar-refractivity contribution in [3.8, 4) is 0 Å². The fraction of sp³-hybridized carbons (Fsp3) is 0.923. The van der Waals surface area contributed by atoms with Crippen molar-refractivity contribution in [2.45, 2.75) is 32.1 Å². The summed E-state index contributed by atoms with van der Waals surface area (Å²) in [4.78, 5) is 12.1. The molecule has 16 heavy (non-hydrogen) atoms. The van der Waals surface area contributed by atoms with E-state index in [0.29, 0.717) is 11.3 Å². The van der Waals surface area contributed by atoms with Gasteiger partial charge in [0.15, 0.2) is 0 Å². The zero-order chi connectivity index (χ0) is 11.0. The highest BCUT2D eigenvalue weighted by molar-refractivity contribution is 5.80. The molecule has 0 aromatic rings. The Kier molecular flexibility index (Phi) is 1.56. The third-order valence-corrected chi connectivity index (χ3v) is 5.78. The SMILES string of the molecule is O=C(OCCO)C12CC3CC4CC(C3)(C1)C42. The second-order valence-corrected chi connectivity index (χ2v) is 6.51. The van der Waals surface area contributed by atoms with Crippen LogP contribution in [0.3, 0.4) is 0 Å². The van der Waals surface area contributed by atoms with Gasteiger partial charge in [-0.25, -0.2) is 0 Å². The van der Waals surface area contributed by atoms with E-state index in [1.54, 1.807) is 0 Å². The smallest absolute Gasteiger partial charge is 0.312 e. The molecular formula is C13H18O3. The molecule has 6 fully saturated rings. The van der Waals surface area contributed by atoms with Gasteiger partial charge in [-0.3, -0.25) is 4.79 Å². The maximum absolute atomic E-state index is 12.1. The number of esters is 1. The molecule has 0 saturated heterocycles. The molecule has 6 aliphatic carbocycles. The normalized spacial score (nSPS) is 55.2. The second-order valence-electron chi connectivity index (χ2n) is 6.51. The number of ether oxygens (including phenoxy) is 1. The van der Waals surface area contributed by atoms with Gasteiger partial charge < -0.3 is 9.84 Å². The van der Waals surface area contributed by atoms with Crippen LogP contribution in [0.4, 0.5) is 0 Å². The summed E-state index contributed by atoms with van der Waals surface area (Å²) in [6, 6.07) is 0. The summed E-state index contributed by atoms with van der Waals surface area (Å²) in [6.45, 7) is 0.125. The monoisotopic (exact) mass is 222 g/mol. The molecular weight excluding hydrogens is 204 g/mol. The van der Waals surface area contributed by atoms with Gasteiger partial charge in [-0.1, -0.05) is 0 Å². The first-order valence-electron chi connectivity index (χ1n) is 6.48. The van der Waals surface area contributed by atoms with E-state index >= 15 is 0 Å². The average molecular weight is 222 g/mol. The number of aliphatic hydroxyl groups is 1. The van der Waals surface area contributed by atoms with Crippen LogP contribution in [0.25, 0.3) is 0 Å². The number of hydrogen-bond donors (Lipinski definition) is 1. The number of rotatable bonds is 3. The Morgan fingerprint density at radius 3 is 2.94 bits per heavy atom. The van der Waals surface area contributed by atoms with E-state index in [2.05, 4.69) is 0 Å². The highest BCUT2D eigenvalue weighted by Crippen LogP contribution is 2.84. The van der Waals surface area contributed by atoms with Crippen molar-refractivity contribution in [3.05, 3.63) is 0 Å². The van der Waals surface area contributed by atoms with Crippen LogP contribution >= 0.6 is 0 Å². The van der Waals surface area contributed by atoms with E-state index in [4.69, 9.17) is 9.84 Å². The van der Waals surface area contributed by atoms with Crippen LogP contribution in [0, 0.1) is 28.6 Å². The van der Waals surface area contributed by atoms with Crippen molar-refractivity contribution in [2.75, 3.05) is 13.2 Å². The summed E-state index contributed by atoms with van der Waals surface area (Å²) in [5, 5.41) is 8.72. The highest BCUT2D eigenvalue weighted by atomic mass is 16.5. The Hall–Kier alpha value is -0.570. The number of hydrogen-bond acceptors (Lipinski definition) is 3. The third kappa shape index (κ3) is 0.816. The van der Waals surface area contributed by atoms with Gasteiger partial charge in [0.1, 0.15) is 6.61 Å². The molecule has 0 aliphatic heterocycles. The molecule has 3 nitrogen and oxygen atoms in total. The molecule has 0 heterocycles. The fourth-order valence-corrected chi connectivity index (χ4v) is 5.96. The minimum absolute atomic E-state index is 0.00345. The lowest BCUT2D eigenvalue weighted by Crippen LogP contribution is -2.77. The maximum Gasteiger partial charge on any atom is 0.312 e. The predicted octanol–water partition coefficient (Wildman–Crippen LogP) is 1.35. The minimum atomic E-state index is -0.112. The molecule has 0 radical (unpaired) electrons. The van der Waals surface area contributed by atoms with Gasteiger partial charge in [-0.15, -0.1) is 0 Å². The van der Waals surface area contributed by atoms with E-state index in [0.717, 1.165) is 24.7 Å². The predicted molar refractivity (Wildman–Crippen MR) is 56.5 cm³/mol. The summed E-state index contributed by atoms with van der Waals surface area (Å²) in [5.74, 6) is 2.26. The zero-order valence-electron chi connectivity index (χ0n) is 9.45. The summed E-state index contributed by atoms with van der Waals surface area (Å²) < 4.78 is 5.20. The van der Waals surface area contributed by atoms with Crippen LogP contribution in [0.5, 0.6) is 0 Å². The number of aliphatic hydroxyl groups excluding tert-OH is 1. The molecule has 5 atom stereocenters. The minimum Gasteiger partial charge on any atom is -0.463 e. The molecule has 6 aliphatic rings. The van der Waals surface area contributed by atoms with E-state index in [1.807, 2.05) is 0 Å². The van der Waals surface area contributed by atoms with Crippen molar-refractivity contribution >= 4 is 5.97 Å². The molecule has 6 saturated carbocycles. The summed E-state index contributed by atoms with van der Waals surface area (Å²) >= 11 is 0. The molecule has 0 aromatic carbocycles. The van der Waals surface area contributed by atoms with Gasteiger partial charge in [0, 0.05) is 0 Å². The summed E-state index contributed by atoms with van der Waals surface area (Å²) in [6.07, 6.45) is 6.27.